The Morgan fingerprint density at radius 2 is 2.14 bits per heavy atom. The highest BCUT2D eigenvalue weighted by molar-refractivity contribution is 5.36. The molecule has 0 unspecified atom stereocenters. The molecule has 0 saturated carbocycles. The van der Waals surface area contributed by atoms with Crippen LogP contribution in [0.4, 0.5) is 10.1 Å². The number of likely N-dealkylation sites (tertiary alicyclic amines) is 1. The predicted octanol–water partition coefficient (Wildman–Crippen LogP) is 2.56. The molecule has 0 radical (unpaired) electrons. The summed E-state index contributed by atoms with van der Waals surface area (Å²) < 4.78 is 13.9. The van der Waals surface area contributed by atoms with Gasteiger partial charge in [-0.2, -0.15) is 4.39 Å². The molecule has 0 bridgehead atoms. The molecule has 0 aromatic heterocycles. The lowest BCUT2D eigenvalue weighted by molar-refractivity contribution is -0.387. The third kappa shape index (κ3) is 4.47. The molecular weight excluding hydrogens is 273 g/mol. The molecule has 0 spiro atoms. The largest absolute Gasteiger partial charge is 0.313 e. The van der Waals surface area contributed by atoms with Crippen molar-refractivity contribution in [3.8, 4) is 0 Å². The predicted molar refractivity (Wildman–Crippen MR) is 79.6 cm³/mol. The summed E-state index contributed by atoms with van der Waals surface area (Å²) in [4.78, 5) is 12.3. The molecule has 6 heteroatoms. The van der Waals surface area contributed by atoms with E-state index in [-0.39, 0.29) is 0 Å². The lowest BCUT2D eigenvalue weighted by Gasteiger charge is -2.28. The van der Waals surface area contributed by atoms with Gasteiger partial charge >= 0.3 is 5.69 Å². The molecule has 0 atom stereocenters. The number of rotatable bonds is 6. The molecule has 5 nitrogen and oxygen atoms in total. The zero-order valence-corrected chi connectivity index (χ0v) is 12.3. The number of nitrogens with one attached hydrogen (secondary N) is 1. The first-order valence-corrected chi connectivity index (χ1v) is 7.39. The van der Waals surface area contributed by atoms with Crippen LogP contribution in [0.3, 0.4) is 0 Å². The molecule has 116 valence electrons. The maximum atomic E-state index is 13.9. The van der Waals surface area contributed by atoms with E-state index in [9.17, 15) is 14.5 Å². The third-order valence-electron chi connectivity index (χ3n) is 4.14. The van der Waals surface area contributed by atoms with E-state index in [0.717, 1.165) is 32.0 Å². The average molecular weight is 295 g/mol. The molecule has 1 fully saturated rings. The molecule has 1 aliphatic rings. The Morgan fingerprint density at radius 1 is 1.43 bits per heavy atom. The Bertz CT molecular complexity index is 488. The molecule has 2 rings (SSSR count). The van der Waals surface area contributed by atoms with Gasteiger partial charge in [0.2, 0.25) is 5.82 Å². The van der Waals surface area contributed by atoms with E-state index in [0.29, 0.717) is 12.1 Å². The summed E-state index contributed by atoms with van der Waals surface area (Å²) in [6.45, 7) is 3.44. The van der Waals surface area contributed by atoms with Crippen LogP contribution in [0.25, 0.3) is 0 Å². The van der Waals surface area contributed by atoms with Crippen LogP contribution in [0.1, 0.15) is 24.8 Å². The van der Waals surface area contributed by atoms with E-state index in [2.05, 4.69) is 17.3 Å². The van der Waals surface area contributed by atoms with E-state index in [1.807, 2.05) is 0 Å². The van der Waals surface area contributed by atoms with Crippen molar-refractivity contribution in [2.45, 2.75) is 25.8 Å². The number of nitro groups is 1. The first-order chi connectivity index (χ1) is 10.1. The Morgan fingerprint density at radius 3 is 2.81 bits per heavy atom. The quantitative estimate of drug-likeness (QED) is 0.498. The summed E-state index contributed by atoms with van der Waals surface area (Å²) in [6, 6.07) is 4.30. The van der Waals surface area contributed by atoms with Crippen LogP contribution < -0.4 is 5.32 Å². The highest BCUT2D eigenvalue weighted by Gasteiger charge is 2.18. The fourth-order valence-electron chi connectivity index (χ4n) is 2.72. The van der Waals surface area contributed by atoms with Gasteiger partial charge in [-0.3, -0.25) is 10.1 Å². The normalized spacial score (nSPS) is 17.0. The molecule has 1 N–H and O–H groups in total. The summed E-state index contributed by atoms with van der Waals surface area (Å²) in [5.41, 5.74) is -0.0998. The van der Waals surface area contributed by atoms with Crippen LogP contribution in [-0.4, -0.2) is 36.5 Å². The second-order valence-electron chi connectivity index (χ2n) is 5.72. The van der Waals surface area contributed by atoms with Crippen molar-refractivity contribution in [3.63, 3.8) is 0 Å². The molecule has 1 aromatic carbocycles. The maximum absolute atomic E-state index is 13.9. The van der Waals surface area contributed by atoms with Gasteiger partial charge in [0, 0.05) is 18.2 Å². The lowest BCUT2D eigenvalue weighted by Crippen LogP contribution is -2.31. The van der Waals surface area contributed by atoms with Gasteiger partial charge in [0.25, 0.3) is 0 Å². The van der Waals surface area contributed by atoms with Gasteiger partial charge in [0.05, 0.1) is 4.92 Å². The monoisotopic (exact) mass is 295 g/mol. The topological polar surface area (TPSA) is 58.4 Å². The van der Waals surface area contributed by atoms with Gasteiger partial charge in [-0.15, -0.1) is 0 Å². The third-order valence-corrected chi connectivity index (χ3v) is 4.14. The summed E-state index contributed by atoms with van der Waals surface area (Å²) in [5.74, 6) is -0.00190. The van der Waals surface area contributed by atoms with Gasteiger partial charge in [-0.05, 0) is 51.9 Å². The van der Waals surface area contributed by atoms with Gasteiger partial charge in [-0.25, -0.2) is 0 Å². The van der Waals surface area contributed by atoms with E-state index >= 15 is 0 Å². The van der Waals surface area contributed by atoms with E-state index in [4.69, 9.17) is 0 Å². The number of hydrogen-bond acceptors (Lipinski definition) is 4. The van der Waals surface area contributed by atoms with E-state index < -0.39 is 16.4 Å². The van der Waals surface area contributed by atoms with Crippen molar-refractivity contribution in [1.82, 2.24) is 10.2 Å². The minimum Gasteiger partial charge on any atom is -0.313 e. The Hall–Kier alpha value is -1.53. The van der Waals surface area contributed by atoms with Crippen LogP contribution >= 0.6 is 0 Å². The Kier molecular flexibility index (Phi) is 5.64. The standard InChI is InChI=1S/C15H22FN3O2/c1-18-9-6-12(7-10-18)5-8-17-11-13-3-2-4-14(15(13)16)19(20)21/h2-4,12,17H,5-11H2,1H3. The minimum absolute atomic E-state index is 0.333. The first-order valence-electron chi connectivity index (χ1n) is 7.39. The lowest BCUT2D eigenvalue weighted by atomic mass is 9.94. The van der Waals surface area contributed by atoms with Gasteiger partial charge in [0.1, 0.15) is 0 Å². The maximum Gasteiger partial charge on any atom is 0.305 e. The van der Waals surface area contributed by atoms with E-state index in [1.54, 1.807) is 6.07 Å². The van der Waals surface area contributed by atoms with E-state index in [1.165, 1.54) is 25.0 Å². The molecule has 21 heavy (non-hydrogen) atoms. The van der Waals surface area contributed by atoms with Crippen LogP contribution in [-0.2, 0) is 6.54 Å². The second kappa shape index (κ2) is 7.47. The fourth-order valence-corrected chi connectivity index (χ4v) is 2.72. The van der Waals surface area contributed by atoms with Crippen molar-refractivity contribution in [1.29, 1.82) is 0 Å². The molecule has 1 aliphatic heterocycles. The number of hydrogen-bond donors (Lipinski definition) is 1. The first kappa shape index (κ1) is 15.9. The van der Waals surface area contributed by atoms with Crippen LogP contribution in [0.15, 0.2) is 18.2 Å². The number of piperidine rings is 1. The Labute approximate surface area is 124 Å². The van der Waals surface area contributed by atoms with Crippen molar-refractivity contribution in [2.75, 3.05) is 26.7 Å². The van der Waals surface area contributed by atoms with Crippen LogP contribution in [0.5, 0.6) is 0 Å². The second-order valence-corrected chi connectivity index (χ2v) is 5.72. The number of nitrogens with zero attached hydrogens (tertiary/aromatic N) is 2. The molecule has 0 amide bonds. The molecule has 1 aromatic rings. The smallest absolute Gasteiger partial charge is 0.305 e. The zero-order valence-electron chi connectivity index (χ0n) is 12.3. The van der Waals surface area contributed by atoms with Crippen molar-refractivity contribution in [3.05, 3.63) is 39.7 Å². The van der Waals surface area contributed by atoms with Crippen LogP contribution in [0.2, 0.25) is 0 Å². The Balaban J connectivity index is 1.76. The van der Waals surface area contributed by atoms with Crippen molar-refractivity contribution in [2.24, 2.45) is 5.92 Å². The fraction of sp³-hybridized carbons (Fsp3) is 0.600. The number of nitro benzene ring substituents is 1. The molecular formula is C15H22FN3O2. The average Bonchev–Trinajstić information content (AvgIpc) is 2.46. The van der Waals surface area contributed by atoms with Gasteiger partial charge < -0.3 is 10.2 Å². The van der Waals surface area contributed by atoms with Crippen molar-refractivity contribution >= 4 is 5.69 Å². The minimum atomic E-state index is -0.728. The highest BCUT2D eigenvalue weighted by atomic mass is 19.1. The van der Waals surface area contributed by atoms with Crippen molar-refractivity contribution < 1.29 is 9.31 Å². The van der Waals surface area contributed by atoms with Gasteiger partial charge in [-0.1, -0.05) is 12.1 Å². The summed E-state index contributed by atoms with van der Waals surface area (Å²) in [7, 11) is 2.14. The molecule has 1 saturated heterocycles. The number of benzene rings is 1. The summed E-state index contributed by atoms with van der Waals surface area (Å²) in [5, 5.41) is 13.9. The van der Waals surface area contributed by atoms with Crippen LogP contribution in [0, 0.1) is 21.8 Å². The summed E-state index contributed by atoms with van der Waals surface area (Å²) >= 11 is 0. The molecule has 0 aliphatic carbocycles. The summed E-state index contributed by atoms with van der Waals surface area (Å²) in [6.07, 6.45) is 3.50. The molecule has 1 heterocycles. The highest BCUT2D eigenvalue weighted by Crippen LogP contribution is 2.21. The SMILES string of the molecule is CN1CCC(CCNCc2cccc([N+](=O)[O-])c2F)CC1. The van der Waals surface area contributed by atoms with Gasteiger partial charge in [0.15, 0.2) is 0 Å². The zero-order chi connectivity index (χ0) is 15.2. The number of halogens is 1.